The molecule has 3 heteroatoms. The van der Waals surface area contributed by atoms with Crippen LogP contribution in [0.5, 0.6) is 0 Å². The molecule has 0 saturated heterocycles. The van der Waals surface area contributed by atoms with Crippen LogP contribution < -0.4 is 0 Å². The molecular formula is C19H28O3. The Morgan fingerprint density at radius 2 is 1.82 bits per heavy atom. The van der Waals surface area contributed by atoms with E-state index in [2.05, 4.69) is 13.8 Å². The Hall–Kier alpha value is -0.700. The third-order valence-electron chi connectivity index (χ3n) is 8.21. The molecule has 4 aliphatic carbocycles. The van der Waals surface area contributed by atoms with Crippen LogP contribution in [-0.2, 0) is 9.59 Å². The van der Waals surface area contributed by atoms with Gasteiger partial charge in [0.15, 0.2) is 0 Å². The average molecular weight is 304 g/mol. The van der Waals surface area contributed by atoms with Crippen molar-refractivity contribution < 1.29 is 14.7 Å². The topological polar surface area (TPSA) is 54.4 Å². The number of fused-ring (bicyclic) bond motifs is 5. The summed E-state index contributed by atoms with van der Waals surface area (Å²) in [6, 6.07) is 0. The highest BCUT2D eigenvalue weighted by atomic mass is 16.3. The second kappa shape index (κ2) is 4.66. The van der Waals surface area contributed by atoms with Crippen LogP contribution in [0.4, 0.5) is 0 Å². The van der Waals surface area contributed by atoms with Gasteiger partial charge in [0.2, 0.25) is 0 Å². The summed E-state index contributed by atoms with van der Waals surface area (Å²) in [5.41, 5.74) is 0.0145. The first-order valence-electron chi connectivity index (χ1n) is 9.09. The lowest BCUT2D eigenvalue weighted by molar-refractivity contribution is -0.166. The molecule has 4 saturated carbocycles. The van der Waals surface area contributed by atoms with Crippen LogP contribution in [-0.4, -0.2) is 22.8 Å². The van der Waals surface area contributed by atoms with Gasteiger partial charge in [-0.25, -0.2) is 0 Å². The first kappa shape index (κ1) is 14.9. The minimum atomic E-state index is -0.315. The van der Waals surface area contributed by atoms with Crippen molar-refractivity contribution in [2.75, 3.05) is 0 Å². The number of aliphatic hydroxyl groups excluding tert-OH is 1. The average Bonchev–Trinajstić information content (AvgIpc) is 2.77. The Morgan fingerprint density at radius 3 is 2.59 bits per heavy atom. The van der Waals surface area contributed by atoms with Gasteiger partial charge in [-0.2, -0.15) is 0 Å². The molecule has 0 spiro atoms. The first-order valence-corrected chi connectivity index (χ1v) is 9.09. The number of Topliss-reactive ketones (excluding diaryl/α,β-unsaturated/α-hetero) is 2. The predicted octanol–water partition coefficient (Wildman–Crippen LogP) is 3.14. The summed E-state index contributed by atoms with van der Waals surface area (Å²) in [4.78, 5) is 24.3. The highest BCUT2D eigenvalue weighted by molar-refractivity contribution is 5.87. The van der Waals surface area contributed by atoms with E-state index in [0.29, 0.717) is 48.6 Å². The molecule has 1 N–H and O–H groups in total. The van der Waals surface area contributed by atoms with Crippen molar-refractivity contribution in [1.82, 2.24) is 0 Å². The van der Waals surface area contributed by atoms with Gasteiger partial charge in [0.25, 0.3) is 0 Å². The van der Waals surface area contributed by atoms with Gasteiger partial charge in [-0.05, 0) is 61.2 Å². The van der Waals surface area contributed by atoms with E-state index in [-0.39, 0.29) is 22.9 Å². The van der Waals surface area contributed by atoms with Gasteiger partial charge < -0.3 is 5.11 Å². The van der Waals surface area contributed by atoms with Crippen molar-refractivity contribution in [3.63, 3.8) is 0 Å². The molecular weight excluding hydrogens is 276 g/mol. The fraction of sp³-hybridized carbons (Fsp3) is 0.895. The van der Waals surface area contributed by atoms with Crippen LogP contribution in [0, 0.1) is 34.5 Å². The van der Waals surface area contributed by atoms with E-state index in [1.165, 1.54) is 0 Å². The van der Waals surface area contributed by atoms with Crippen LogP contribution in [0.2, 0.25) is 0 Å². The van der Waals surface area contributed by atoms with Gasteiger partial charge in [-0.3, -0.25) is 9.59 Å². The molecule has 7 atom stereocenters. The summed E-state index contributed by atoms with van der Waals surface area (Å²) < 4.78 is 0. The number of aliphatic hydroxyl groups is 1. The Balaban J connectivity index is 1.70. The predicted molar refractivity (Wildman–Crippen MR) is 83.1 cm³/mol. The molecule has 122 valence electrons. The molecule has 0 aliphatic heterocycles. The van der Waals surface area contributed by atoms with Gasteiger partial charge in [0.1, 0.15) is 11.6 Å². The molecule has 3 nitrogen and oxygen atoms in total. The van der Waals surface area contributed by atoms with Crippen molar-refractivity contribution in [2.45, 2.75) is 71.3 Å². The monoisotopic (exact) mass is 304 g/mol. The Morgan fingerprint density at radius 1 is 1.05 bits per heavy atom. The first-order chi connectivity index (χ1) is 10.4. The number of ketones is 2. The zero-order chi connectivity index (χ0) is 15.7. The minimum Gasteiger partial charge on any atom is -0.393 e. The van der Waals surface area contributed by atoms with Crippen molar-refractivity contribution in [2.24, 2.45) is 34.5 Å². The number of hydrogen-bond acceptors (Lipinski definition) is 3. The molecule has 0 aromatic rings. The fourth-order valence-electron chi connectivity index (χ4n) is 6.79. The molecule has 0 radical (unpaired) electrons. The number of carbonyl (C=O) groups excluding carboxylic acids is 2. The minimum absolute atomic E-state index is 0.185. The smallest absolute Gasteiger partial charge is 0.139 e. The zero-order valence-electron chi connectivity index (χ0n) is 13.8. The maximum Gasteiger partial charge on any atom is 0.139 e. The standard InChI is InChI=1S/C19H28O3/c1-18-7-5-12(20)9-11(18)10-15(21)17-13-3-4-16(22)19(13,2)8-6-14(17)18/h11,13-15,17,21H,3-10H2,1-2H3/t11?,13-,14+,15?,17-,18-,19-/m0/s1. The van der Waals surface area contributed by atoms with Crippen LogP contribution in [0.15, 0.2) is 0 Å². The number of carbonyl (C=O) groups is 2. The lowest BCUT2D eigenvalue weighted by Crippen LogP contribution is -2.58. The Kier molecular flexibility index (Phi) is 3.15. The van der Waals surface area contributed by atoms with Crippen LogP contribution in [0.25, 0.3) is 0 Å². The van der Waals surface area contributed by atoms with Gasteiger partial charge in [0.05, 0.1) is 6.10 Å². The van der Waals surface area contributed by atoms with E-state index in [1.54, 1.807) is 0 Å². The second-order valence-corrected chi connectivity index (χ2v) is 8.96. The van der Waals surface area contributed by atoms with E-state index >= 15 is 0 Å². The molecule has 4 rings (SSSR count). The lowest BCUT2D eigenvalue weighted by Gasteiger charge is -2.60. The highest BCUT2D eigenvalue weighted by Crippen LogP contribution is 2.65. The summed E-state index contributed by atoms with van der Waals surface area (Å²) in [6.45, 7) is 4.52. The quantitative estimate of drug-likeness (QED) is 0.748. The van der Waals surface area contributed by atoms with Gasteiger partial charge in [-0.15, -0.1) is 0 Å². The molecule has 4 aliphatic rings. The van der Waals surface area contributed by atoms with Crippen molar-refractivity contribution in [1.29, 1.82) is 0 Å². The highest BCUT2D eigenvalue weighted by Gasteiger charge is 2.62. The normalized spacial score (nSPS) is 54.6. The fourth-order valence-corrected chi connectivity index (χ4v) is 6.79. The molecule has 0 bridgehead atoms. The van der Waals surface area contributed by atoms with Crippen molar-refractivity contribution in [3.8, 4) is 0 Å². The second-order valence-electron chi connectivity index (χ2n) is 8.96. The van der Waals surface area contributed by atoms with E-state index in [1.807, 2.05) is 0 Å². The van der Waals surface area contributed by atoms with E-state index in [0.717, 1.165) is 32.1 Å². The molecule has 0 aromatic heterocycles. The van der Waals surface area contributed by atoms with Gasteiger partial charge >= 0.3 is 0 Å². The molecule has 2 unspecified atom stereocenters. The third-order valence-corrected chi connectivity index (χ3v) is 8.21. The van der Waals surface area contributed by atoms with Crippen molar-refractivity contribution in [3.05, 3.63) is 0 Å². The number of hydrogen-bond donors (Lipinski definition) is 1. The summed E-state index contributed by atoms with van der Waals surface area (Å²) >= 11 is 0. The summed E-state index contributed by atoms with van der Waals surface area (Å²) in [6.07, 6.45) is 6.53. The van der Waals surface area contributed by atoms with Crippen LogP contribution in [0.1, 0.15) is 65.2 Å². The molecule has 22 heavy (non-hydrogen) atoms. The Labute approximate surface area is 132 Å². The zero-order valence-corrected chi connectivity index (χ0v) is 13.8. The van der Waals surface area contributed by atoms with E-state index in [4.69, 9.17) is 0 Å². The number of rotatable bonds is 0. The van der Waals surface area contributed by atoms with E-state index in [9.17, 15) is 14.7 Å². The maximum atomic E-state index is 12.4. The van der Waals surface area contributed by atoms with Gasteiger partial charge in [-0.1, -0.05) is 13.8 Å². The SMILES string of the molecule is C[C@]12CCC(=O)CC1CC(O)[C@@H]1[C@H]2CC[C@]2(C)C(=O)CC[C@@H]12. The summed E-state index contributed by atoms with van der Waals surface area (Å²) in [5, 5.41) is 10.9. The summed E-state index contributed by atoms with van der Waals surface area (Å²) in [7, 11) is 0. The van der Waals surface area contributed by atoms with E-state index < -0.39 is 0 Å². The Bertz CT molecular complexity index is 527. The lowest BCUT2D eigenvalue weighted by atomic mass is 9.44. The largest absolute Gasteiger partial charge is 0.393 e. The van der Waals surface area contributed by atoms with Crippen molar-refractivity contribution >= 4 is 11.6 Å². The summed E-state index contributed by atoms with van der Waals surface area (Å²) in [5.74, 6) is 2.30. The van der Waals surface area contributed by atoms with Crippen LogP contribution >= 0.6 is 0 Å². The molecule has 0 heterocycles. The molecule has 0 amide bonds. The van der Waals surface area contributed by atoms with Gasteiger partial charge in [0, 0.05) is 24.7 Å². The third kappa shape index (κ3) is 1.78. The molecule has 0 aromatic carbocycles. The molecule has 4 fully saturated rings. The maximum absolute atomic E-state index is 12.4. The van der Waals surface area contributed by atoms with Crippen LogP contribution in [0.3, 0.4) is 0 Å².